The zero-order valence-corrected chi connectivity index (χ0v) is 9.08. The molecule has 0 aliphatic heterocycles. The summed E-state index contributed by atoms with van der Waals surface area (Å²) in [5, 5.41) is 9.60. The number of hydrogen-bond donors (Lipinski definition) is 1. The molecule has 1 aromatic carbocycles. The number of aromatic nitrogens is 1. The molecule has 16 heavy (non-hydrogen) atoms. The van der Waals surface area contributed by atoms with Gasteiger partial charge in [0.2, 0.25) is 0 Å². The van der Waals surface area contributed by atoms with Gasteiger partial charge in [-0.2, -0.15) is 0 Å². The van der Waals surface area contributed by atoms with E-state index in [1.807, 2.05) is 0 Å². The van der Waals surface area contributed by atoms with Crippen molar-refractivity contribution in [2.75, 3.05) is 0 Å². The van der Waals surface area contributed by atoms with Gasteiger partial charge >= 0.3 is 0 Å². The molecule has 0 aliphatic rings. The number of hydrogen-bond acceptors (Lipinski definition) is 2. The maximum Gasteiger partial charge on any atom is 0.123 e. The number of benzene rings is 1. The largest absolute Gasteiger partial charge is 0.392 e. The van der Waals surface area contributed by atoms with Crippen LogP contribution in [-0.2, 0) is 6.61 Å². The second kappa shape index (κ2) is 4.60. The fraction of sp³-hybridized carbons (Fsp3) is 0.0833. The first-order chi connectivity index (χ1) is 7.72. The third kappa shape index (κ3) is 2.05. The van der Waals surface area contributed by atoms with Crippen molar-refractivity contribution in [2.24, 2.45) is 0 Å². The van der Waals surface area contributed by atoms with Crippen LogP contribution in [0.15, 0.2) is 36.7 Å². The van der Waals surface area contributed by atoms with Crippen LogP contribution in [0.4, 0.5) is 4.39 Å². The van der Waals surface area contributed by atoms with E-state index in [0.29, 0.717) is 21.7 Å². The minimum atomic E-state index is -0.332. The second-order valence-corrected chi connectivity index (χ2v) is 3.72. The van der Waals surface area contributed by atoms with Crippen LogP contribution in [0, 0.1) is 5.82 Å². The van der Waals surface area contributed by atoms with Crippen LogP contribution in [0.3, 0.4) is 0 Å². The monoisotopic (exact) mass is 237 g/mol. The van der Waals surface area contributed by atoms with Gasteiger partial charge in [0.25, 0.3) is 0 Å². The van der Waals surface area contributed by atoms with Gasteiger partial charge in [-0.05, 0) is 17.7 Å². The summed E-state index contributed by atoms with van der Waals surface area (Å²) < 4.78 is 13.1. The van der Waals surface area contributed by atoms with E-state index in [1.54, 1.807) is 18.3 Å². The Balaban J connectivity index is 2.60. The first-order valence-corrected chi connectivity index (χ1v) is 5.09. The Labute approximate surface area is 97.3 Å². The van der Waals surface area contributed by atoms with Crippen molar-refractivity contribution >= 4 is 11.6 Å². The summed E-state index contributed by atoms with van der Waals surface area (Å²) in [7, 11) is 0. The minimum Gasteiger partial charge on any atom is -0.392 e. The number of halogens is 2. The fourth-order valence-corrected chi connectivity index (χ4v) is 1.75. The summed E-state index contributed by atoms with van der Waals surface area (Å²) in [5.74, 6) is -0.332. The fourth-order valence-electron chi connectivity index (χ4n) is 1.53. The van der Waals surface area contributed by atoms with E-state index in [2.05, 4.69) is 4.98 Å². The molecule has 4 heteroatoms. The van der Waals surface area contributed by atoms with Crippen LogP contribution in [-0.4, -0.2) is 10.1 Å². The smallest absolute Gasteiger partial charge is 0.123 e. The average Bonchev–Trinajstić information content (AvgIpc) is 2.28. The lowest BCUT2D eigenvalue weighted by Crippen LogP contribution is -1.93. The highest BCUT2D eigenvalue weighted by Gasteiger charge is 2.09. The number of pyridine rings is 1. The molecule has 0 radical (unpaired) electrons. The van der Waals surface area contributed by atoms with Gasteiger partial charge in [-0.3, -0.25) is 4.98 Å². The number of rotatable bonds is 2. The van der Waals surface area contributed by atoms with Crippen LogP contribution in [0.25, 0.3) is 11.1 Å². The van der Waals surface area contributed by atoms with Crippen LogP contribution in [0.2, 0.25) is 5.02 Å². The molecule has 0 saturated heterocycles. The van der Waals surface area contributed by atoms with Gasteiger partial charge in [0, 0.05) is 23.5 Å². The molecule has 0 amide bonds. The quantitative estimate of drug-likeness (QED) is 0.871. The van der Waals surface area contributed by atoms with E-state index in [-0.39, 0.29) is 12.4 Å². The molecular weight excluding hydrogens is 229 g/mol. The molecule has 0 fully saturated rings. The van der Waals surface area contributed by atoms with Crippen LogP contribution in [0.5, 0.6) is 0 Å². The second-order valence-electron chi connectivity index (χ2n) is 3.32. The standard InChI is InChI=1S/C12H9ClFNO/c13-12-6-15-5-10(11(12)7-16)8-2-1-3-9(14)4-8/h1-6,16H,7H2. The Kier molecular flexibility index (Phi) is 3.17. The topological polar surface area (TPSA) is 33.1 Å². The van der Waals surface area contributed by atoms with Crippen molar-refractivity contribution in [3.63, 3.8) is 0 Å². The molecule has 0 atom stereocenters. The summed E-state index contributed by atoms with van der Waals surface area (Å²) >= 11 is 5.90. The molecule has 1 aromatic heterocycles. The van der Waals surface area contributed by atoms with Crippen molar-refractivity contribution in [3.8, 4) is 11.1 Å². The van der Waals surface area contributed by atoms with Crippen LogP contribution < -0.4 is 0 Å². The van der Waals surface area contributed by atoms with Crippen molar-refractivity contribution in [2.45, 2.75) is 6.61 Å². The summed E-state index contributed by atoms with van der Waals surface area (Å²) in [6, 6.07) is 6.09. The summed E-state index contributed by atoms with van der Waals surface area (Å²) in [6.07, 6.45) is 3.02. The molecular formula is C12H9ClFNO. The highest BCUT2D eigenvalue weighted by atomic mass is 35.5. The van der Waals surface area contributed by atoms with E-state index in [9.17, 15) is 9.50 Å². The number of aliphatic hydroxyl groups excluding tert-OH is 1. The van der Waals surface area contributed by atoms with Gasteiger partial charge in [0.1, 0.15) is 5.82 Å². The predicted molar refractivity (Wildman–Crippen MR) is 60.6 cm³/mol. The Morgan fingerprint density at radius 2 is 2.12 bits per heavy atom. The van der Waals surface area contributed by atoms with E-state index in [4.69, 9.17) is 11.6 Å². The van der Waals surface area contributed by atoms with E-state index in [1.165, 1.54) is 18.3 Å². The van der Waals surface area contributed by atoms with E-state index in [0.717, 1.165) is 0 Å². The first kappa shape index (κ1) is 11.0. The maximum atomic E-state index is 13.1. The van der Waals surface area contributed by atoms with Crippen LogP contribution >= 0.6 is 11.6 Å². The van der Waals surface area contributed by atoms with Gasteiger partial charge in [-0.25, -0.2) is 4.39 Å². The SMILES string of the molecule is OCc1c(Cl)cncc1-c1cccc(F)c1. The maximum absolute atomic E-state index is 13.1. The van der Waals surface area contributed by atoms with Crippen molar-refractivity contribution < 1.29 is 9.50 Å². The predicted octanol–water partition coefficient (Wildman–Crippen LogP) is 3.03. The molecule has 2 aromatic rings. The minimum absolute atomic E-state index is 0.201. The lowest BCUT2D eigenvalue weighted by molar-refractivity contribution is 0.282. The van der Waals surface area contributed by atoms with Gasteiger partial charge in [-0.15, -0.1) is 0 Å². The van der Waals surface area contributed by atoms with Crippen LogP contribution in [0.1, 0.15) is 5.56 Å². The third-order valence-electron chi connectivity index (χ3n) is 2.30. The van der Waals surface area contributed by atoms with Gasteiger partial charge in [-0.1, -0.05) is 23.7 Å². The van der Waals surface area contributed by atoms with Gasteiger partial charge in [0.05, 0.1) is 11.6 Å². The molecule has 1 N–H and O–H groups in total. The van der Waals surface area contributed by atoms with Gasteiger partial charge in [0.15, 0.2) is 0 Å². The highest BCUT2D eigenvalue weighted by molar-refractivity contribution is 6.31. The highest BCUT2D eigenvalue weighted by Crippen LogP contribution is 2.28. The zero-order chi connectivity index (χ0) is 11.5. The summed E-state index contributed by atoms with van der Waals surface area (Å²) in [6.45, 7) is -0.201. The van der Waals surface area contributed by atoms with E-state index >= 15 is 0 Å². The summed E-state index contributed by atoms with van der Waals surface area (Å²) in [5.41, 5.74) is 1.86. The molecule has 2 nitrogen and oxygen atoms in total. The Hall–Kier alpha value is -1.45. The molecule has 1 heterocycles. The molecule has 0 unspecified atom stereocenters. The Bertz CT molecular complexity index is 516. The Morgan fingerprint density at radius 1 is 1.31 bits per heavy atom. The Morgan fingerprint density at radius 3 is 2.81 bits per heavy atom. The average molecular weight is 238 g/mol. The third-order valence-corrected chi connectivity index (χ3v) is 2.62. The van der Waals surface area contributed by atoms with Crippen molar-refractivity contribution in [1.29, 1.82) is 0 Å². The normalized spacial score (nSPS) is 10.4. The molecule has 82 valence electrons. The number of aliphatic hydroxyl groups is 1. The lowest BCUT2D eigenvalue weighted by Gasteiger charge is -2.08. The number of nitrogens with zero attached hydrogens (tertiary/aromatic N) is 1. The lowest BCUT2D eigenvalue weighted by atomic mass is 10.0. The molecule has 2 rings (SSSR count). The van der Waals surface area contributed by atoms with E-state index < -0.39 is 0 Å². The molecule has 0 spiro atoms. The zero-order valence-electron chi connectivity index (χ0n) is 8.32. The van der Waals surface area contributed by atoms with Crippen molar-refractivity contribution in [1.82, 2.24) is 4.98 Å². The molecule has 0 aliphatic carbocycles. The molecule has 0 bridgehead atoms. The van der Waals surface area contributed by atoms with Gasteiger partial charge < -0.3 is 5.11 Å². The van der Waals surface area contributed by atoms with Crippen molar-refractivity contribution in [3.05, 3.63) is 53.1 Å². The molecule has 0 saturated carbocycles. The summed E-state index contributed by atoms with van der Waals surface area (Å²) in [4.78, 5) is 3.93. The first-order valence-electron chi connectivity index (χ1n) is 4.71.